The maximum atomic E-state index is 12.9. The molecule has 7 heteroatoms. The summed E-state index contributed by atoms with van der Waals surface area (Å²) in [6.07, 6.45) is 0. The molecular formula is C21H26FN3O3. The van der Waals surface area contributed by atoms with Gasteiger partial charge < -0.3 is 20.3 Å². The highest BCUT2D eigenvalue weighted by Crippen LogP contribution is 2.17. The van der Waals surface area contributed by atoms with Crippen LogP contribution in [0.5, 0.6) is 5.75 Å². The number of halogens is 1. The summed E-state index contributed by atoms with van der Waals surface area (Å²) >= 11 is 0. The molecule has 0 aromatic heterocycles. The first kappa shape index (κ1) is 21.2. The zero-order valence-corrected chi connectivity index (χ0v) is 16.4. The highest BCUT2D eigenvalue weighted by atomic mass is 19.1. The molecule has 6 nitrogen and oxygen atoms in total. The number of anilines is 1. The number of benzene rings is 2. The fourth-order valence-electron chi connectivity index (χ4n) is 2.61. The zero-order chi connectivity index (χ0) is 20.5. The molecule has 2 aromatic carbocycles. The van der Waals surface area contributed by atoms with Gasteiger partial charge in [0, 0.05) is 18.8 Å². The standard InChI is InChI=1S/C21H26FN3O3/c1-4-25(5-2)21(27)24-18-10-6-16(7-11-18)15(3)23-20(26)14-28-19-12-8-17(22)9-13-19/h6-13,15H,4-5,14H2,1-3H3,(H,23,26)(H,24,27). The molecule has 1 unspecified atom stereocenters. The smallest absolute Gasteiger partial charge is 0.321 e. The number of ether oxygens (including phenoxy) is 1. The summed E-state index contributed by atoms with van der Waals surface area (Å²) in [5.74, 6) is -0.213. The summed E-state index contributed by atoms with van der Waals surface area (Å²) in [5.41, 5.74) is 1.59. The Bertz CT molecular complexity index is 774. The lowest BCUT2D eigenvalue weighted by molar-refractivity contribution is -0.123. The van der Waals surface area contributed by atoms with Crippen molar-refractivity contribution < 1.29 is 18.7 Å². The van der Waals surface area contributed by atoms with Crippen LogP contribution in [0.4, 0.5) is 14.9 Å². The highest BCUT2D eigenvalue weighted by Gasteiger charge is 2.12. The molecule has 0 spiro atoms. The maximum Gasteiger partial charge on any atom is 0.321 e. The molecule has 0 aliphatic rings. The molecule has 0 heterocycles. The fraction of sp³-hybridized carbons (Fsp3) is 0.333. The lowest BCUT2D eigenvalue weighted by atomic mass is 10.1. The van der Waals surface area contributed by atoms with Crippen LogP contribution in [0.25, 0.3) is 0 Å². The van der Waals surface area contributed by atoms with Gasteiger partial charge in [0.15, 0.2) is 6.61 Å². The molecule has 0 aliphatic carbocycles. The Morgan fingerprint density at radius 2 is 1.64 bits per heavy atom. The molecule has 2 rings (SSSR count). The van der Waals surface area contributed by atoms with E-state index >= 15 is 0 Å². The first-order valence-electron chi connectivity index (χ1n) is 9.26. The maximum absolute atomic E-state index is 12.9. The summed E-state index contributed by atoms with van der Waals surface area (Å²) in [4.78, 5) is 25.8. The van der Waals surface area contributed by atoms with E-state index in [4.69, 9.17) is 4.74 Å². The molecule has 0 fully saturated rings. The minimum Gasteiger partial charge on any atom is -0.484 e. The average molecular weight is 387 g/mol. The normalized spacial score (nSPS) is 11.4. The Balaban J connectivity index is 1.84. The predicted molar refractivity (Wildman–Crippen MR) is 107 cm³/mol. The van der Waals surface area contributed by atoms with Gasteiger partial charge in [0.1, 0.15) is 11.6 Å². The quantitative estimate of drug-likeness (QED) is 0.720. The third-order valence-electron chi connectivity index (χ3n) is 4.27. The van der Waals surface area contributed by atoms with Crippen LogP contribution in [0.1, 0.15) is 32.4 Å². The van der Waals surface area contributed by atoms with E-state index in [1.807, 2.05) is 32.9 Å². The minimum atomic E-state index is -0.359. The van der Waals surface area contributed by atoms with E-state index in [-0.39, 0.29) is 30.4 Å². The van der Waals surface area contributed by atoms with Crippen molar-refractivity contribution in [3.63, 3.8) is 0 Å². The molecule has 28 heavy (non-hydrogen) atoms. The van der Waals surface area contributed by atoms with E-state index in [1.165, 1.54) is 24.3 Å². The number of carbonyl (C=O) groups is 2. The Hall–Kier alpha value is -3.09. The van der Waals surface area contributed by atoms with Crippen LogP contribution in [0.3, 0.4) is 0 Å². The van der Waals surface area contributed by atoms with Crippen LogP contribution in [0, 0.1) is 5.82 Å². The van der Waals surface area contributed by atoms with Gasteiger partial charge in [0.2, 0.25) is 0 Å². The van der Waals surface area contributed by atoms with Gasteiger partial charge in [-0.3, -0.25) is 4.79 Å². The van der Waals surface area contributed by atoms with Crippen molar-refractivity contribution in [2.24, 2.45) is 0 Å². The number of nitrogens with one attached hydrogen (secondary N) is 2. The summed E-state index contributed by atoms with van der Waals surface area (Å²) in [6.45, 7) is 6.84. The van der Waals surface area contributed by atoms with Crippen LogP contribution in [0.15, 0.2) is 48.5 Å². The van der Waals surface area contributed by atoms with E-state index in [2.05, 4.69) is 10.6 Å². The minimum absolute atomic E-state index is 0.142. The molecule has 2 aromatic rings. The van der Waals surface area contributed by atoms with Gasteiger partial charge in [-0.25, -0.2) is 9.18 Å². The van der Waals surface area contributed by atoms with Gasteiger partial charge in [-0.15, -0.1) is 0 Å². The zero-order valence-electron chi connectivity index (χ0n) is 16.4. The third kappa shape index (κ3) is 6.26. The largest absolute Gasteiger partial charge is 0.484 e. The number of hydrogen-bond donors (Lipinski definition) is 2. The fourth-order valence-corrected chi connectivity index (χ4v) is 2.61. The van der Waals surface area contributed by atoms with Gasteiger partial charge in [-0.1, -0.05) is 12.1 Å². The second-order valence-electron chi connectivity index (χ2n) is 6.26. The number of carbonyl (C=O) groups excluding carboxylic acids is 2. The molecule has 0 bridgehead atoms. The lowest BCUT2D eigenvalue weighted by Crippen LogP contribution is -2.34. The molecule has 0 saturated heterocycles. The number of hydrogen-bond acceptors (Lipinski definition) is 3. The van der Waals surface area contributed by atoms with Gasteiger partial charge in [0.25, 0.3) is 5.91 Å². The van der Waals surface area contributed by atoms with Crippen molar-refractivity contribution in [3.8, 4) is 5.75 Å². The number of urea groups is 1. The molecule has 0 aliphatic heterocycles. The molecule has 1 atom stereocenters. The summed E-state index contributed by atoms with van der Waals surface area (Å²) in [7, 11) is 0. The third-order valence-corrected chi connectivity index (χ3v) is 4.27. The van der Waals surface area contributed by atoms with Crippen LogP contribution in [0.2, 0.25) is 0 Å². The van der Waals surface area contributed by atoms with Gasteiger partial charge >= 0.3 is 6.03 Å². The summed E-state index contributed by atoms with van der Waals surface area (Å²) in [6, 6.07) is 12.4. The Morgan fingerprint density at radius 1 is 1.04 bits per heavy atom. The molecule has 3 amide bonds. The molecule has 0 radical (unpaired) electrons. The van der Waals surface area contributed by atoms with E-state index in [0.717, 1.165) is 5.56 Å². The topological polar surface area (TPSA) is 70.7 Å². The van der Waals surface area contributed by atoms with Crippen molar-refractivity contribution in [2.75, 3.05) is 25.0 Å². The van der Waals surface area contributed by atoms with Crippen molar-refractivity contribution in [1.82, 2.24) is 10.2 Å². The van der Waals surface area contributed by atoms with Crippen LogP contribution < -0.4 is 15.4 Å². The van der Waals surface area contributed by atoms with Crippen LogP contribution in [-0.2, 0) is 4.79 Å². The van der Waals surface area contributed by atoms with Gasteiger partial charge in [0.05, 0.1) is 6.04 Å². The van der Waals surface area contributed by atoms with E-state index in [1.54, 1.807) is 17.0 Å². The van der Waals surface area contributed by atoms with E-state index in [0.29, 0.717) is 24.5 Å². The SMILES string of the molecule is CCN(CC)C(=O)Nc1ccc(C(C)NC(=O)COc2ccc(F)cc2)cc1. The van der Waals surface area contributed by atoms with Crippen molar-refractivity contribution in [2.45, 2.75) is 26.8 Å². The van der Waals surface area contributed by atoms with Crippen molar-refractivity contribution in [1.29, 1.82) is 0 Å². The Labute approximate surface area is 164 Å². The first-order chi connectivity index (χ1) is 13.4. The van der Waals surface area contributed by atoms with Crippen LogP contribution >= 0.6 is 0 Å². The van der Waals surface area contributed by atoms with E-state index < -0.39 is 0 Å². The second-order valence-corrected chi connectivity index (χ2v) is 6.26. The van der Waals surface area contributed by atoms with Crippen molar-refractivity contribution in [3.05, 3.63) is 59.9 Å². The molecule has 0 saturated carbocycles. The Kier molecular flexibility index (Phi) is 7.80. The Morgan fingerprint density at radius 3 is 2.21 bits per heavy atom. The monoisotopic (exact) mass is 387 g/mol. The number of rotatable bonds is 8. The summed E-state index contributed by atoms with van der Waals surface area (Å²) < 4.78 is 18.2. The van der Waals surface area contributed by atoms with Gasteiger partial charge in [-0.2, -0.15) is 0 Å². The lowest BCUT2D eigenvalue weighted by Gasteiger charge is -2.19. The first-order valence-corrected chi connectivity index (χ1v) is 9.26. The molecule has 150 valence electrons. The second kappa shape index (κ2) is 10.3. The predicted octanol–water partition coefficient (Wildman–Crippen LogP) is 3.96. The number of amides is 3. The molecular weight excluding hydrogens is 361 g/mol. The average Bonchev–Trinajstić information content (AvgIpc) is 2.69. The highest BCUT2D eigenvalue weighted by molar-refractivity contribution is 5.89. The number of nitrogens with zero attached hydrogens (tertiary/aromatic N) is 1. The van der Waals surface area contributed by atoms with Crippen LogP contribution in [-0.4, -0.2) is 36.5 Å². The van der Waals surface area contributed by atoms with Gasteiger partial charge in [-0.05, 0) is 62.7 Å². The summed E-state index contributed by atoms with van der Waals surface area (Å²) in [5, 5.41) is 5.69. The van der Waals surface area contributed by atoms with Crippen molar-refractivity contribution >= 4 is 17.6 Å². The molecule has 2 N–H and O–H groups in total. The van der Waals surface area contributed by atoms with E-state index in [9.17, 15) is 14.0 Å².